The molecule has 0 aromatic heterocycles. The molecule has 0 atom stereocenters. The maximum Gasteiger partial charge on any atom is 0.0735 e. The topological polar surface area (TPSA) is 0 Å². The first-order valence-electron chi connectivity index (χ1n) is 51.8. The van der Waals surface area contributed by atoms with Gasteiger partial charge in [-0.1, -0.05) is 575 Å². The Bertz CT molecular complexity index is 9670. The summed E-state index contributed by atoms with van der Waals surface area (Å²) < 4.78 is 0. The van der Waals surface area contributed by atoms with Crippen LogP contribution in [-0.4, -0.2) is 0 Å². The van der Waals surface area contributed by atoms with Crippen molar-refractivity contribution < 1.29 is 0 Å². The van der Waals surface area contributed by atoms with E-state index < -0.39 is 16.2 Å². The van der Waals surface area contributed by atoms with Gasteiger partial charge in [0, 0.05) is 29.4 Å². The van der Waals surface area contributed by atoms with Crippen LogP contribution in [0.3, 0.4) is 0 Å². The fourth-order valence-electron chi connectivity index (χ4n) is 25.1. The van der Waals surface area contributed by atoms with Crippen LogP contribution < -0.4 is 0 Å². The fraction of sp³-hybridized carbons (Fsp3) is 0.0204. The van der Waals surface area contributed by atoms with Gasteiger partial charge in [-0.15, -0.1) is 0 Å². The molecule has 0 radical (unpaired) electrons. The molecule has 702 valence electrons. The maximum atomic E-state index is 2.40. The van der Waals surface area contributed by atoms with Gasteiger partial charge < -0.3 is 0 Å². The molecule has 0 spiro atoms. The van der Waals surface area contributed by atoms with Gasteiger partial charge in [0.25, 0.3) is 0 Å². The van der Waals surface area contributed by atoms with Crippen molar-refractivity contribution in [3.8, 4) is 66.8 Å². The van der Waals surface area contributed by atoms with Crippen molar-refractivity contribution in [3.63, 3.8) is 0 Å². The van der Waals surface area contributed by atoms with Crippen LogP contribution in [0.5, 0.6) is 0 Å². The van der Waals surface area contributed by atoms with Crippen molar-refractivity contribution >= 4 is 132 Å². The summed E-state index contributed by atoms with van der Waals surface area (Å²) in [6, 6.07) is 216. The molecule has 0 fully saturated rings. The van der Waals surface area contributed by atoms with Crippen LogP contribution in [0.1, 0.15) is 66.8 Å². The molecule has 150 heavy (non-hydrogen) atoms. The van der Waals surface area contributed by atoms with Gasteiger partial charge in [-0.2, -0.15) is 0 Å². The molecular weight excluding hydrogens is 1860 g/mol. The Morgan fingerprint density at radius 3 is 0.613 bits per heavy atom. The zero-order valence-corrected chi connectivity index (χ0v) is 84.6. The second-order valence-electron chi connectivity index (χ2n) is 39.7. The van der Waals surface area contributed by atoms with Crippen LogP contribution in [0.4, 0.5) is 0 Å². The first kappa shape index (κ1) is 89.9. The first-order chi connectivity index (χ1) is 74.4. The Hall–Kier alpha value is -17.7. The summed E-state index contributed by atoms with van der Waals surface area (Å²) in [4.78, 5) is 7.83. The van der Waals surface area contributed by atoms with Crippen LogP contribution in [0.15, 0.2) is 612 Å². The van der Waals surface area contributed by atoms with E-state index in [4.69, 9.17) is 0 Å². The zero-order valence-electron chi connectivity index (χ0n) is 82.2. The minimum atomic E-state index is -0.579. The molecule has 30 rings (SSSR count). The first-order valence-corrected chi connectivity index (χ1v) is 54.2. The normalized spacial score (nSPS) is 13.3. The van der Waals surface area contributed by atoms with Gasteiger partial charge in [-0.05, 0) is 273 Å². The van der Waals surface area contributed by atoms with E-state index in [1.165, 1.54) is 260 Å². The van der Waals surface area contributed by atoms with Crippen molar-refractivity contribution in [2.75, 3.05) is 0 Å². The molecule has 0 aliphatic carbocycles. The summed E-state index contributed by atoms with van der Waals surface area (Å²) in [5.41, 5.74) is 28.9. The molecule has 0 bridgehead atoms. The molecule has 0 saturated carbocycles. The smallest absolute Gasteiger partial charge is 0.0735 e. The molecule has 3 aliphatic heterocycles. The van der Waals surface area contributed by atoms with E-state index in [9.17, 15) is 0 Å². The number of hydrogen-bond acceptors (Lipinski definition) is 3. The van der Waals surface area contributed by atoms with Crippen LogP contribution in [0.2, 0.25) is 0 Å². The number of rotatable bonds is 12. The van der Waals surface area contributed by atoms with Crippen LogP contribution in [0.25, 0.3) is 164 Å². The lowest BCUT2D eigenvalue weighted by Crippen LogP contribution is -2.34. The van der Waals surface area contributed by atoms with E-state index in [0.29, 0.717) is 0 Å². The monoisotopic (exact) mass is 1960 g/mol. The summed E-state index contributed by atoms with van der Waals surface area (Å²) in [5, 5.41) is 22.9. The molecule has 0 nitrogen and oxygen atoms in total. The minimum absolute atomic E-state index is 0.545. The fourth-order valence-corrected chi connectivity index (χ4v) is 28.8. The van der Waals surface area contributed by atoms with Crippen molar-refractivity contribution in [3.05, 3.63) is 649 Å². The molecule has 0 amide bonds. The van der Waals surface area contributed by atoms with Crippen molar-refractivity contribution in [1.82, 2.24) is 0 Å². The van der Waals surface area contributed by atoms with Gasteiger partial charge in [-0.3, -0.25) is 0 Å². The van der Waals surface area contributed by atoms with Crippen LogP contribution in [0, 0.1) is 0 Å². The molecule has 0 N–H and O–H groups in total. The van der Waals surface area contributed by atoms with E-state index in [1.807, 2.05) is 35.3 Å². The molecule has 27 aromatic rings. The molecular formula is C147H96S3. The van der Waals surface area contributed by atoms with Crippen molar-refractivity contribution in [1.29, 1.82) is 0 Å². The molecule has 3 heterocycles. The quantitative estimate of drug-likeness (QED) is 0.120. The van der Waals surface area contributed by atoms with Gasteiger partial charge >= 0.3 is 0 Å². The summed E-state index contributed by atoms with van der Waals surface area (Å²) in [6.07, 6.45) is 0. The predicted octanol–water partition coefficient (Wildman–Crippen LogP) is 40.0. The second-order valence-corrected chi connectivity index (χ2v) is 42.9. The van der Waals surface area contributed by atoms with E-state index in [0.717, 1.165) is 0 Å². The number of hydrogen-bond donors (Lipinski definition) is 0. The molecule has 0 saturated heterocycles. The third-order valence-electron chi connectivity index (χ3n) is 31.8. The molecule has 0 unspecified atom stereocenters. The van der Waals surface area contributed by atoms with E-state index in [1.54, 1.807) is 0 Å². The average Bonchev–Trinajstić information content (AvgIpc) is 0.695. The lowest BCUT2D eigenvalue weighted by molar-refractivity contribution is 0.718. The van der Waals surface area contributed by atoms with Crippen LogP contribution in [-0.2, 0) is 16.2 Å². The highest BCUT2D eigenvalue weighted by Gasteiger charge is 2.51. The Labute approximate surface area is 886 Å². The number of fused-ring (bicyclic) bond motifs is 21. The molecule has 3 aliphatic rings. The predicted molar refractivity (Wildman–Crippen MR) is 637 cm³/mol. The van der Waals surface area contributed by atoms with Gasteiger partial charge in [0.1, 0.15) is 0 Å². The highest BCUT2D eigenvalue weighted by atomic mass is 32.2. The van der Waals surface area contributed by atoms with E-state index >= 15 is 0 Å². The lowest BCUT2D eigenvalue weighted by Gasteiger charge is -2.43. The summed E-state index contributed by atoms with van der Waals surface area (Å²) in [7, 11) is 0. The third kappa shape index (κ3) is 15.0. The minimum Gasteiger partial charge on any atom is -0.0894 e. The van der Waals surface area contributed by atoms with Crippen molar-refractivity contribution in [2.24, 2.45) is 0 Å². The largest absolute Gasteiger partial charge is 0.0894 e. The Balaban J connectivity index is 0.000000108. The Morgan fingerprint density at radius 2 is 0.300 bits per heavy atom. The van der Waals surface area contributed by atoms with E-state index in [2.05, 4.69) is 582 Å². The molecule has 27 aromatic carbocycles. The second kappa shape index (κ2) is 37.7. The Kier molecular flexibility index (Phi) is 22.6. The Morgan fingerprint density at radius 1 is 0.107 bits per heavy atom. The van der Waals surface area contributed by atoms with E-state index in [-0.39, 0.29) is 0 Å². The SMILES string of the molecule is c1ccc(-c2ccc(-c3ccc(C4(c5ccccc5)c5c(ccc6ccccc56)Sc5ccc6ccccc6c54)cc3)c3ccccc23)cc1.c1ccc(-c2ccc(C3(c4ccc(-c5ccc6ccccc6c5)cc4)c4c(ccc5ccccc45)Sc4ccc5ccccc5c43)cc2)cc1.c1ccc(-c2ccc(C3(c4ccc(-c5cccc6ccccc56)cc4)c4c(ccc5ccccc45)Sc4ccc5ccccc5c43)cc2)cc1. The number of benzene rings is 27. The van der Waals surface area contributed by atoms with Crippen LogP contribution >= 0.6 is 35.3 Å². The summed E-state index contributed by atoms with van der Waals surface area (Å²) in [6.45, 7) is 0. The molecule has 3 heteroatoms. The summed E-state index contributed by atoms with van der Waals surface area (Å²) >= 11 is 5.71. The maximum absolute atomic E-state index is 2.40. The lowest BCUT2D eigenvalue weighted by atomic mass is 9.62. The van der Waals surface area contributed by atoms with Crippen molar-refractivity contribution in [2.45, 2.75) is 45.6 Å². The highest BCUT2D eigenvalue weighted by molar-refractivity contribution is 8.00. The average molecular weight is 1960 g/mol. The zero-order chi connectivity index (χ0) is 99.2. The standard InChI is InChI=1S/3C49H32S/c1-3-13-33(14-4-1)39-29-30-40(44-22-12-11-21-43(39)44)36-23-27-38(28-24-36)49(37-17-5-2-6-18-37)47-41-19-9-7-15-34(41)25-31-45(47)50-46-32-26-35-16-8-10-20-42(35)48(46)49;1-2-11-33(12-3-1)34-21-27-39(28-22-34)49(40-29-23-38(24-30-40)42-20-10-16-35-13-4-7-17-41(35)42)47-43-18-8-5-14-36(43)25-31-45(47)50-46-32-26-37-15-6-9-19-44(37)48(46)49;1-2-10-33(11-3-1)35-20-26-41(27-21-35)49(42-28-22-36(23-29-42)40-19-18-34-12-4-5-15-39(34)32-40)47-43-16-8-6-13-37(43)24-30-45(47)50-46-31-25-38-14-7-9-17-44(38)48(46)49/h3*1-32H. The summed E-state index contributed by atoms with van der Waals surface area (Å²) in [5.74, 6) is 0. The third-order valence-corrected chi connectivity index (χ3v) is 35.1. The highest BCUT2D eigenvalue weighted by Crippen LogP contribution is 2.64. The van der Waals surface area contributed by atoms with Gasteiger partial charge in [0.05, 0.1) is 16.2 Å². The van der Waals surface area contributed by atoms with Gasteiger partial charge in [-0.25, -0.2) is 0 Å². The van der Waals surface area contributed by atoms with Gasteiger partial charge in [0.2, 0.25) is 0 Å². The van der Waals surface area contributed by atoms with Gasteiger partial charge in [0.15, 0.2) is 0 Å².